The van der Waals surface area contributed by atoms with Crippen LogP contribution in [0, 0.1) is 0 Å². The fourth-order valence-corrected chi connectivity index (χ4v) is 3.66. The van der Waals surface area contributed by atoms with E-state index in [-0.39, 0.29) is 5.25 Å². The number of benzene rings is 1. The van der Waals surface area contributed by atoms with Gasteiger partial charge in [-0.3, -0.25) is 0 Å². The van der Waals surface area contributed by atoms with E-state index in [1.165, 1.54) is 10.5 Å². The second-order valence-corrected chi connectivity index (χ2v) is 5.79. The molecule has 0 saturated heterocycles. The van der Waals surface area contributed by atoms with Crippen molar-refractivity contribution in [3.63, 3.8) is 0 Å². The van der Waals surface area contributed by atoms with Crippen LogP contribution < -0.4 is 0 Å². The van der Waals surface area contributed by atoms with E-state index in [0.29, 0.717) is 0 Å². The molecule has 1 N–H and O–H groups in total. The molecule has 0 radical (unpaired) electrons. The van der Waals surface area contributed by atoms with E-state index in [2.05, 4.69) is 24.3 Å². The lowest BCUT2D eigenvalue weighted by Gasteiger charge is -2.23. The first-order chi connectivity index (χ1) is 8.34. The molecule has 1 aromatic carbocycles. The molecular formula is C14H16O2S. The maximum absolute atomic E-state index is 10.3. The zero-order chi connectivity index (χ0) is 11.7. The largest absolute Gasteiger partial charge is 0.495 e. The number of aliphatic hydroxyl groups excluding tert-OH is 1. The first kappa shape index (κ1) is 11.2. The van der Waals surface area contributed by atoms with Crippen molar-refractivity contribution in [2.75, 3.05) is 6.61 Å². The van der Waals surface area contributed by atoms with Gasteiger partial charge in [0, 0.05) is 10.1 Å². The Balaban J connectivity index is 1.73. The monoisotopic (exact) mass is 248 g/mol. The minimum atomic E-state index is -0.465. The lowest BCUT2D eigenvalue weighted by molar-refractivity contribution is 0.0906. The Morgan fingerprint density at radius 3 is 3.00 bits per heavy atom. The molecule has 17 heavy (non-hydrogen) atoms. The van der Waals surface area contributed by atoms with Crippen LogP contribution in [0.15, 0.2) is 41.0 Å². The maximum Gasteiger partial charge on any atom is 0.123 e. The molecular weight excluding hydrogens is 232 g/mol. The van der Waals surface area contributed by atoms with Gasteiger partial charge in [-0.05, 0) is 37.0 Å². The van der Waals surface area contributed by atoms with E-state index in [4.69, 9.17) is 4.74 Å². The van der Waals surface area contributed by atoms with Gasteiger partial charge in [0.2, 0.25) is 0 Å². The van der Waals surface area contributed by atoms with E-state index in [1.54, 1.807) is 11.8 Å². The highest BCUT2D eigenvalue weighted by atomic mass is 32.2. The first-order valence-electron chi connectivity index (χ1n) is 6.10. The van der Waals surface area contributed by atoms with Crippen molar-refractivity contribution in [2.45, 2.75) is 35.5 Å². The third-order valence-electron chi connectivity index (χ3n) is 3.28. The number of hydrogen-bond donors (Lipinski definition) is 1. The van der Waals surface area contributed by atoms with E-state index >= 15 is 0 Å². The van der Waals surface area contributed by atoms with Crippen LogP contribution in [0.3, 0.4) is 0 Å². The Hall–Kier alpha value is -0.930. The number of allylic oxidation sites excluding steroid dienone is 1. The molecule has 2 aliphatic rings. The Labute approximate surface area is 106 Å². The fourth-order valence-electron chi connectivity index (χ4n) is 2.35. The topological polar surface area (TPSA) is 29.5 Å². The van der Waals surface area contributed by atoms with E-state index in [1.807, 2.05) is 6.08 Å². The maximum atomic E-state index is 10.3. The third kappa shape index (κ3) is 2.22. The molecule has 2 unspecified atom stereocenters. The fraction of sp³-hybridized carbons (Fsp3) is 0.429. The summed E-state index contributed by atoms with van der Waals surface area (Å²) in [7, 11) is 0. The first-order valence-corrected chi connectivity index (χ1v) is 6.98. The Kier molecular flexibility index (Phi) is 3.12. The summed E-state index contributed by atoms with van der Waals surface area (Å²) in [5.74, 6) is 0.779. The van der Waals surface area contributed by atoms with Crippen molar-refractivity contribution in [1.29, 1.82) is 0 Å². The molecule has 0 fully saturated rings. The second kappa shape index (κ2) is 4.75. The van der Waals surface area contributed by atoms with Gasteiger partial charge in [0.05, 0.1) is 6.61 Å². The number of ether oxygens (including phenoxy) is 1. The summed E-state index contributed by atoms with van der Waals surface area (Å²) in [6.07, 6.45) is 4.60. The normalized spacial score (nSPS) is 24.8. The molecule has 0 bridgehead atoms. The van der Waals surface area contributed by atoms with Crippen molar-refractivity contribution in [3.05, 3.63) is 41.7 Å². The SMILES string of the molecule is OC(C1=CCCCO1)C1Cc2ccccc2S1. The molecule has 90 valence electrons. The summed E-state index contributed by atoms with van der Waals surface area (Å²) in [6.45, 7) is 0.743. The van der Waals surface area contributed by atoms with Crippen LogP contribution in [-0.4, -0.2) is 23.1 Å². The predicted molar refractivity (Wildman–Crippen MR) is 69.1 cm³/mol. The number of rotatable bonds is 2. The number of aliphatic hydroxyl groups is 1. The Morgan fingerprint density at radius 1 is 1.35 bits per heavy atom. The van der Waals surface area contributed by atoms with Gasteiger partial charge < -0.3 is 9.84 Å². The molecule has 0 saturated carbocycles. The third-order valence-corrected chi connectivity index (χ3v) is 4.66. The van der Waals surface area contributed by atoms with E-state index < -0.39 is 6.10 Å². The highest BCUT2D eigenvalue weighted by molar-refractivity contribution is 8.00. The molecule has 2 aliphatic heterocycles. The summed E-state index contributed by atoms with van der Waals surface area (Å²) in [5.41, 5.74) is 1.35. The molecule has 3 rings (SSSR count). The van der Waals surface area contributed by atoms with Gasteiger partial charge in [-0.25, -0.2) is 0 Å². The molecule has 2 heterocycles. The number of fused-ring (bicyclic) bond motifs is 1. The number of thioether (sulfide) groups is 1. The highest BCUT2D eigenvalue weighted by Crippen LogP contribution is 2.40. The Morgan fingerprint density at radius 2 is 2.24 bits per heavy atom. The van der Waals surface area contributed by atoms with Gasteiger partial charge >= 0.3 is 0 Å². The highest BCUT2D eigenvalue weighted by Gasteiger charge is 2.31. The molecule has 0 amide bonds. The van der Waals surface area contributed by atoms with Crippen LogP contribution in [0.5, 0.6) is 0 Å². The van der Waals surface area contributed by atoms with Crippen molar-refractivity contribution in [1.82, 2.24) is 0 Å². The van der Waals surface area contributed by atoms with Gasteiger partial charge in [-0.15, -0.1) is 11.8 Å². The smallest absolute Gasteiger partial charge is 0.123 e. The standard InChI is InChI=1S/C14H16O2S/c15-14(11-6-3-4-8-16-11)13-9-10-5-1-2-7-12(10)17-13/h1-2,5-7,13-15H,3-4,8-9H2. The summed E-state index contributed by atoms with van der Waals surface area (Å²) in [6, 6.07) is 8.38. The van der Waals surface area contributed by atoms with E-state index in [9.17, 15) is 5.11 Å². The zero-order valence-electron chi connectivity index (χ0n) is 9.63. The molecule has 0 aliphatic carbocycles. The van der Waals surface area contributed by atoms with Crippen molar-refractivity contribution in [2.24, 2.45) is 0 Å². The minimum Gasteiger partial charge on any atom is -0.495 e. The molecule has 3 heteroatoms. The lowest BCUT2D eigenvalue weighted by Crippen LogP contribution is -2.27. The lowest BCUT2D eigenvalue weighted by atomic mass is 10.0. The van der Waals surface area contributed by atoms with Crippen LogP contribution in [0.25, 0.3) is 0 Å². The van der Waals surface area contributed by atoms with E-state index in [0.717, 1.165) is 31.6 Å². The molecule has 0 aromatic heterocycles. The van der Waals surface area contributed by atoms with Crippen LogP contribution in [-0.2, 0) is 11.2 Å². The van der Waals surface area contributed by atoms with Crippen molar-refractivity contribution < 1.29 is 9.84 Å². The average molecular weight is 248 g/mol. The van der Waals surface area contributed by atoms with Gasteiger partial charge in [0.15, 0.2) is 0 Å². The summed E-state index contributed by atoms with van der Waals surface area (Å²) >= 11 is 1.77. The van der Waals surface area contributed by atoms with Gasteiger partial charge in [-0.2, -0.15) is 0 Å². The second-order valence-electron chi connectivity index (χ2n) is 4.51. The Bertz CT molecular complexity index is 417. The predicted octanol–water partition coefficient (Wildman–Crippen LogP) is 2.76. The van der Waals surface area contributed by atoms with Crippen molar-refractivity contribution in [3.8, 4) is 0 Å². The molecule has 2 atom stereocenters. The molecule has 2 nitrogen and oxygen atoms in total. The van der Waals surface area contributed by atoms with Crippen LogP contribution in [0.4, 0.5) is 0 Å². The summed E-state index contributed by atoms with van der Waals surface area (Å²) < 4.78 is 5.55. The quantitative estimate of drug-likeness (QED) is 0.872. The molecule has 0 spiro atoms. The van der Waals surface area contributed by atoms with Crippen molar-refractivity contribution >= 4 is 11.8 Å². The average Bonchev–Trinajstić information content (AvgIpc) is 2.82. The van der Waals surface area contributed by atoms with Gasteiger partial charge in [0.25, 0.3) is 0 Å². The summed E-state index contributed by atoms with van der Waals surface area (Å²) in [5, 5.41) is 10.5. The van der Waals surface area contributed by atoms with Crippen LogP contribution in [0.2, 0.25) is 0 Å². The van der Waals surface area contributed by atoms with Crippen LogP contribution >= 0.6 is 11.8 Å². The zero-order valence-corrected chi connectivity index (χ0v) is 10.5. The van der Waals surface area contributed by atoms with Crippen LogP contribution in [0.1, 0.15) is 18.4 Å². The van der Waals surface area contributed by atoms with Gasteiger partial charge in [0.1, 0.15) is 11.9 Å². The van der Waals surface area contributed by atoms with Gasteiger partial charge in [-0.1, -0.05) is 18.2 Å². The summed E-state index contributed by atoms with van der Waals surface area (Å²) in [4.78, 5) is 1.30. The molecule has 1 aromatic rings. The minimum absolute atomic E-state index is 0.205. The number of hydrogen-bond acceptors (Lipinski definition) is 3.